The molecule has 120 valence electrons. The number of aromatic nitrogens is 1. The zero-order valence-corrected chi connectivity index (χ0v) is 13.1. The van der Waals surface area contributed by atoms with Crippen LogP contribution in [0.2, 0.25) is 0 Å². The quantitative estimate of drug-likeness (QED) is 0.858. The molecule has 0 aliphatic rings. The van der Waals surface area contributed by atoms with Gasteiger partial charge >= 0.3 is 5.91 Å². The van der Waals surface area contributed by atoms with Gasteiger partial charge in [0, 0.05) is 24.7 Å². The molecule has 5 nitrogen and oxygen atoms in total. The molecule has 6 heteroatoms. The van der Waals surface area contributed by atoms with Gasteiger partial charge < -0.3 is 4.90 Å². The summed E-state index contributed by atoms with van der Waals surface area (Å²) in [5.41, 5.74) is 3.45. The normalized spacial score (nSPS) is 10.2. The predicted molar refractivity (Wildman–Crippen MR) is 84.0 cm³/mol. The number of carbonyl (C=O) groups excluding carboxylic acids is 2. The lowest BCUT2D eigenvalue weighted by molar-refractivity contribution is -0.641. The Labute approximate surface area is 134 Å². The first-order valence-corrected chi connectivity index (χ1v) is 7.42. The topological polar surface area (TPSA) is 53.3 Å². The molecule has 2 amide bonds. The molecule has 0 unspecified atom stereocenters. The van der Waals surface area contributed by atoms with Crippen molar-refractivity contribution in [1.29, 1.82) is 0 Å². The number of carbonyl (C=O) groups is 2. The van der Waals surface area contributed by atoms with E-state index in [0.717, 1.165) is 0 Å². The Morgan fingerprint density at radius 3 is 2.35 bits per heavy atom. The molecule has 1 N–H and O–H groups in total. The minimum atomic E-state index is -0.402. The fourth-order valence-electron chi connectivity index (χ4n) is 2.15. The van der Waals surface area contributed by atoms with Crippen molar-refractivity contribution in [2.45, 2.75) is 13.8 Å². The van der Waals surface area contributed by atoms with E-state index in [9.17, 15) is 14.0 Å². The molecule has 0 radical (unpaired) electrons. The summed E-state index contributed by atoms with van der Waals surface area (Å²) in [6.07, 6.45) is 3.18. The summed E-state index contributed by atoms with van der Waals surface area (Å²) in [4.78, 5) is 26.1. The largest absolute Gasteiger partial charge is 0.339 e. The minimum Gasteiger partial charge on any atom is -0.339 e. The van der Waals surface area contributed by atoms with Crippen LogP contribution in [0.1, 0.15) is 34.6 Å². The summed E-state index contributed by atoms with van der Waals surface area (Å²) in [5.74, 6) is -0.885. The van der Waals surface area contributed by atoms with E-state index >= 15 is 0 Å². The second-order valence-corrected chi connectivity index (χ2v) is 4.93. The van der Waals surface area contributed by atoms with Crippen molar-refractivity contribution >= 4 is 11.8 Å². The van der Waals surface area contributed by atoms with E-state index < -0.39 is 5.82 Å². The fourth-order valence-corrected chi connectivity index (χ4v) is 2.15. The fraction of sp³-hybridized carbons (Fsp3) is 0.235. The number of amides is 2. The molecule has 0 spiro atoms. The Hall–Kier alpha value is -2.76. The Balaban J connectivity index is 2.15. The molecule has 1 aromatic heterocycles. The van der Waals surface area contributed by atoms with Crippen LogP contribution in [0.3, 0.4) is 0 Å². The molecule has 0 aliphatic carbocycles. The zero-order chi connectivity index (χ0) is 16.8. The first-order chi connectivity index (χ1) is 11.0. The third-order valence-corrected chi connectivity index (χ3v) is 3.44. The zero-order valence-electron chi connectivity index (χ0n) is 13.1. The van der Waals surface area contributed by atoms with Gasteiger partial charge in [-0.3, -0.25) is 9.59 Å². The van der Waals surface area contributed by atoms with Crippen molar-refractivity contribution in [3.8, 4) is 0 Å². The van der Waals surface area contributed by atoms with Gasteiger partial charge in [-0.25, -0.2) is 4.39 Å². The summed E-state index contributed by atoms with van der Waals surface area (Å²) >= 11 is 0. The van der Waals surface area contributed by atoms with Gasteiger partial charge in [0.25, 0.3) is 5.91 Å². The average Bonchev–Trinajstić information content (AvgIpc) is 2.56. The predicted octanol–water partition coefficient (Wildman–Crippen LogP) is 1.98. The van der Waals surface area contributed by atoms with E-state index in [-0.39, 0.29) is 11.8 Å². The number of hydrogen-bond donors (Lipinski definition) is 1. The molecule has 0 aliphatic heterocycles. The molecule has 23 heavy (non-hydrogen) atoms. The Kier molecular flexibility index (Phi) is 5.41. The number of benzene rings is 1. The summed E-state index contributed by atoms with van der Waals surface area (Å²) < 4.78 is 14.3. The number of hydrogen-bond acceptors (Lipinski definition) is 2. The van der Waals surface area contributed by atoms with Gasteiger partial charge in [-0.1, -0.05) is 4.68 Å². The van der Waals surface area contributed by atoms with Crippen LogP contribution in [-0.2, 0) is 0 Å². The maximum absolute atomic E-state index is 12.9. The SMILES string of the molecule is CCN(CC)C(=O)c1ccc[n+](NC(=O)c2ccc(F)cc2)c1. The smallest absolute Gasteiger partial charge is 0.305 e. The molecule has 2 aromatic rings. The van der Waals surface area contributed by atoms with Crippen LogP contribution in [0.15, 0.2) is 48.8 Å². The van der Waals surface area contributed by atoms with Crippen molar-refractivity contribution in [1.82, 2.24) is 4.90 Å². The van der Waals surface area contributed by atoms with Crippen LogP contribution < -0.4 is 10.1 Å². The van der Waals surface area contributed by atoms with Gasteiger partial charge in [-0.2, -0.15) is 0 Å². The van der Waals surface area contributed by atoms with Gasteiger partial charge in [-0.05, 0) is 44.2 Å². The Morgan fingerprint density at radius 2 is 1.74 bits per heavy atom. The van der Waals surface area contributed by atoms with Crippen LogP contribution in [0, 0.1) is 5.82 Å². The summed E-state index contributed by atoms with van der Waals surface area (Å²) in [6.45, 7) is 5.06. The molecule has 1 aromatic carbocycles. The van der Waals surface area contributed by atoms with Crippen molar-refractivity contribution in [2.75, 3.05) is 18.5 Å². The number of nitrogens with zero attached hydrogens (tertiary/aromatic N) is 2. The molecule has 2 rings (SSSR count). The lowest BCUT2D eigenvalue weighted by Gasteiger charge is -2.17. The van der Waals surface area contributed by atoms with Gasteiger partial charge in [0.15, 0.2) is 6.20 Å². The van der Waals surface area contributed by atoms with Crippen molar-refractivity contribution < 1.29 is 18.7 Å². The second kappa shape index (κ2) is 7.49. The number of nitrogens with one attached hydrogen (secondary N) is 1. The number of halogens is 1. The lowest BCUT2D eigenvalue weighted by Crippen LogP contribution is -2.48. The maximum atomic E-state index is 12.9. The minimum absolute atomic E-state index is 0.0969. The Morgan fingerprint density at radius 1 is 1.09 bits per heavy atom. The maximum Gasteiger partial charge on any atom is 0.305 e. The highest BCUT2D eigenvalue weighted by molar-refractivity contribution is 5.98. The van der Waals surface area contributed by atoms with Crippen LogP contribution in [0.4, 0.5) is 4.39 Å². The summed E-state index contributed by atoms with van der Waals surface area (Å²) in [7, 11) is 0. The highest BCUT2D eigenvalue weighted by Gasteiger charge is 2.17. The van der Waals surface area contributed by atoms with Gasteiger partial charge in [0.05, 0.1) is 0 Å². The van der Waals surface area contributed by atoms with E-state index in [2.05, 4.69) is 5.43 Å². The molecule has 0 atom stereocenters. The first kappa shape index (κ1) is 16.6. The van der Waals surface area contributed by atoms with E-state index in [4.69, 9.17) is 0 Å². The molecule has 0 bridgehead atoms. The van der Waals surface area contributed by atoms with Crippen molar-refractivity contribution in [2.24, 2.45) is 0 Å². The monoisotopic (exact) mass is 316 g/mol. The van der Waals surface area contributed by atoms with Crippen molar-refractivity contribution in [3.05, 3.63) is 65.7 Å². The molecule has 1 heterocycles. The summed E-state index contributed by atoms with van der Waals surface area (Å²) in [5, 5.41) is 0. The van der Waals surface area contributed by atoms with Gasteiger partial charge in [0.1, 0.15) is 11.4 Å². The van der Waals surface area contributed by atoms with Crippen LogP contribution >= 0.6 is 0 Å². The number of pyridine rings is 1. The molecule has 0 saturated heterocycles. The number of rotatable bonds is 5. The summed E-state index contributed by atoms with van der Waals surface area (Å²) in [6, 6.07) is 8.62. The molecule has 0 saturated carbocycles. The van der Waals surface area contributed by atoms with Crippen molar-refractivity contribution in [3.63, 3.8) is 0 Å². The van der Waals surface area contributed by atoms with E-state index in [1.54, 1.807) is 29.4 Å². The highest BCUT2D eigenvalue weighted by Crippen LogP contribution is 2.03. The van der Waals surface area contributed by atoms with Gasteiger partial charge in [-0.15, -0.1) is 5.43 Å². The average molecular weight is 316 g/mol. The van der Waals surface area contributed by atoms with Gasteiger partial charge in [0.2, 0.25) is 6.20 Å². The van der Waals surface area contributed by atoms with Crippen LogP contribution in [-0.4, -0.2) is 29.8 Å². The lowest BCUT2D eigenvalue weighted by atomic mass is 10.2. The second-order valence-electron chi connectivity index (χ2n) is 4.93. The van der Waals surface area contributed by atoms with E-state index in [0.29, 0.717) is 24.2 Å². The highest BCUT2D eigenvalue weighted by atomic mass is 19.1. The standard InChI is InChI=1S/C17H18FN3O2/c1-3-20(4-2)17(23)14-6-5-11-21(12-14)19-16(22)13-7-9-15(18)10-8-13/h5-12H,3-4H2,1-2H3/p+1. The molecular formula is C17H19FN3O2+. The molecule has 0 fully saturated rings. The van der Waals surface area contributed by atoms with Crippen LogP contribution in [0.5, 0.6) is 0 Å². The Bertz CT molecular complexity index is 697. The first-order valence-electron chi connectivity index (χ1n) is 7.42. The molecular weight excluding hydrogens is 297 g/mol. The third kappa shape index (κ3) is 4.12. The third-order valence-electron chi connectivity index (χ3n) is 3.44. The van der Waals surface area contributed by atoms with Crippen LogP contribution in [0.25, 0.3) is 0 Å². The van der Waals surface area contributed by atoms with E-state index in [1.165, 1.54) is 28.9 Å². The van der Waals surface area contributed by atoms with E-state index in [1.807, 2.05) is 13.8 Å².